The van der Waals surface area contributed by atoms with E-state index in [0.717, 1.165) is 25.7 Å². The van der Waals surface area contributed by atoms with Crippen molar-refractivity contribution in [1.82, 2.24) is 0 Å². The molecule has 0 saturated heterocycles. The Morgan fingerprint density at radius 1 is 0.192 bits per heavy atom. The number of hydrogen-bond acceptors (Lipinski definition) is 0. The van der Waals surface area contributed by atoms with Crippen molar-refractivity contribution in [3.8, 4) is 111 Å². The molecular formula is C78H62. The van der Waals surface area contributed by atoms with E-state index in [0.29, 0.717) is 0 Å². The fraction of sp³-hybridized carbons (Fsp3) is 0.154. The minimum atomic E-state index is -0.157. The lowest BCUT2D eigenvalue weighted by atomic mass is 9.62. The predicted octanol–water partition coefficient (Wildman–Crippen LogP) is 21.5. The maximum absolute atomic E-state index is 2.66. The van der Waals surface area contributed by atoms with E-state index in [4.69, 9.17) is 0 Å². The van der Waals surface area contributed by atoms with Crippen LogP contribution in [-0.2, 0) is 10.8 Å². The van der Waals surface area contributed by atoms with Gasteiger partial charge in [-0.1, -0.05) is 245 Å². The molecule has 15 rings (SSSR count). The van der Waals surface area contributed by atoms with E-state index in [1.54, 1.807) is 11.1 Å². The third kappa shape index (κ3) is 7.63. The number of hydrogen-bond donors (Lipinski definition) is 0. The summed E-state index contributed by atoms with van der Waals surface area (Å²) >= 11 is 0. The van der Waals surface area contributed by atoms with Crippen LogP contribution in [0.15, 0.2) is 255 Å². The molecule has 78 heavy (non-hydrogen) atoms. The second-order valence-corrected chi connectivity index (χ2v) is 22.9. The van der Waals surface area contributed by atoms with Crippen LogP contribution in [0.5, 0.6) is 0 Å². The molecule has 0 heterocycles. The molecule has 4 aliphatic rings. The molecule has 0 heteroatoms. The molecule has 0 atom stereocenters. The smallest absolute Gasteiger partial charge is 0.0222 e. The molecule has 11 aromatic rings. The third-order valence-corrected chi connectivity index (χ3v) is 18.6. The van der Waals surface area contributed by atoms with Crippen LogP contribution in [0.3, 0.4) is 0 Å². The van der Waals surface area contributed by atoms with Gasteiger partial charge in [0.05, 0.1) is 0 Å². The van der Waals surface area contributed by atoms with Crippen LogP contribution in [0.4, 0.5) is 0 Å². The summed E-state index contributed by atoms with van der Waals surface area (Å²) in [5.74, 6) is 0. The zero-order valence-corrected chi connectivity index (χ0v) is 44.3. The molecule has 0 bridgehead atoms. The van der Waals surface area contributed by atoms with Gasteiger partial charge >= 0.3 is 0 Å². The standard InChI is InChI=1S/C78H62/c1-9-25-53(26-10-1)61-45-62(54-27-11-2-12-28-54)48-65(47-61)59-37-39-67-69(51-59)77(41-21-7-22-42-77)75-72(58-35-19-6-20-36-58)74-68-40-38-60(66-49-63(55-29-13-3-14-30-55)46-64(50-66)56-31-15-4-16-32-56)52-70(68)78(43-23-8-24-44-78)76(74)71(73(67)75)57-33-17-5-18-34-57/h1-6,9-20,25-40,45-52H,7-8,21-24,41-44H2. The Balaban J connectivity index is 1.00. The molecular weight excluding hydrogens is 937 g/mol. The molecule has 11 aromatic carbocycles. The van der Waals surface area contributed by atoms with Gasteiger partial charge < -0.3 is 0 Å². The van der Waals surface area contributed by atoms with E-state index in [1.807, 2.05) is 0 Å². The highest BCUT2D eigenvalue weighted by atomic mass is 14.6. The average molecular weight is 999 g/mol. The topological polar surface area (TPSA) is 0 Å². The van der Waals surface area contributed by atoms with Crippen molar-refractivity contribution in [1.29, 1.82) is 0 Å². The van der Waals surface area contributed by atoms with E-state index < -0.39 is 0 Å². The van der Waals surface area contributed by atoms with Gasteiger partial charge in [0.2, 0.25) is 0 Å². The molecule has 2 spiro atoms. The largest absolute Gasteiger partial charge is 0.0622 e. The maximum Gasteiger partial charge on any atom is 0.0222 e. The summed E-state index contributed by atoms with van der Waals surface area (Å²) in [7, 11) is 0. The van der Waals surface area contributed by atoms with Gasteiger partial charge in [-0.25, -0.2) is 0 Å². The van der Waals surface area contributed by atoms with Crippen LogP contribution in [0.2, 0.25) is 0 Å². The highest BCUT2D eigenvalue weighted by molar-refractivity contribution is 6.09. The van der Waals surface area contributed by atoms with Crippen LogP contribution >= 0.6 is 0 Å². The molecule has 0 aromatic heterocycles. The van der Waals surface area contributed by atoms with Gasteiger partial charge in [-0.15, -0.1) is 0 Å². The Hall–Kier alpha value is -8.58. The maximum atomic E-state index is 2.66. The number of fused-ring (bicyclic) bond motifs is 10. The number of benzene rings is 11. The van der Waals surface area contributed by atoms with Crippen molar-refractivity contribution in [2.24, 2.45) is 0 Å². The monoisotopic (exact) mass is 998 g/mol. The Morgan fingerprint density at radius 2 is 0.449 bits per heavy atom. The zero-order valence-electron chi connectivity index (χ0n) is 44.3. The summed E-state index contributed by atoms with van der Waals surface area (Å²) < 4.78 is 0. The molecule has 4 aliphatic carbocycles. The highest BCUT2D eigenvalue weighted by Gasteiger charge is 2.53. The van der Waals surface area contributed by atoms with Crippen molar-refractivity contribution in [2.75, 3.05) is 0 Å². The first-order valence-electron chi connectivity index (χ1n) is 28.8. The van der Waals surface area contributed by atoms with Crippen molar-refractivity contribution < 1.29 is 0 Å². The van der Waals surface area contributed by atoms with E-state index in [-0.39, 0.29) is 10.8 Å². The van der Waals surface area contributed by atoms with Crippen LogP contribution < -0.4 is 0 Å². The first-order valence-corrected chi connectivity index (χ1v) is 28.8. The summed E-state index contributed by atoms with van der Waals surface area (Å²) in [6.45, 7) is 0. The lowest BCUT2D eigenvalue weighted by Gasteiger charge is -2.40. The molecule has 0 radical (unpaired) electrons. The van der Waals surface area contributed by atoms with Crippen LogP contribution in [-0.4, -0.2) is 0 Å². The van der Waals surface area contributed by atoms with Gasteiger partial charge in [-0.05, 0) is 208 Å². The second kappa shape index (κ2) is 19.2. The fourth-order valence-electron chi connectivity index (χ4n) is 15.1. The minimum absolute atomic E-state index is 0.157. The Kier molecular flexibility index (Phi) is 11.5. The Bertz CT molecular complexity index is 3640. The lowest BCUT2D eigenvalue weighted by molar-refractivity contribution is 0.351. The zero-order chi connectivity index (χ0) is 51.6. The quantitative estimate of drug-likeness (QED) is 0.142. The number of rotatable bonds is 8. The average Bonchev–Trinajstić information content (AvgIpc) is 4.16. The van der Waals surface area contributed by atoms with Crippen molar-refractivity contribution in [3.63, 3.8) is 0 Å². The molecule has 0 unspecified atom stereocenters. The van der Waals surface area contributed by atoms with Crippen LogP contribution in [0, 0.1) is 0 Å². The fourth-order valence-corrected chi connectivity index (χ4v) is 15.1. The van der Waals surface area contributed by atoms with Crippen molar-refractivity contribution >= 4 is 0 Å². The highest BCUT2D eigenvalue weighted by Crippen LogP contribution is 2.69. The molecule has 2 saturated carbocycles. The first kappa shape index (κ1) is 46.7. The lowest BCUT2D eigenvalue weighted by Crippen LogP contribution is -2.31. The normalized spacial score (nSPS) is 15.4. The van der Waals surface area contributed by atoms with Gasteiger partial charge in [-0.3, -0.25) is 0 Å². The molecule has 0 aliphatic heterocycles. The van der Waals surface area contributed by atoms with E-state index in [2.05, 4.69) is 255 Å². The summed E-state index contributed by atoms with van der Waals surface area (Å²) in [6, 6.07) is 97.1. The van der Waals surface area contributed by atoms with Gasteiger partial charge in [0.1, 0.15) is 0 Å². The predicted molar refractivity (Wildman–Crippen MR) is 329 cm³/mol. The van der Waals surface area contributed by atoms with Crippen molar-refractivity contribution in [2.45, 2.75) is 75.0 Å². The summed E-state index contributed by atoms with van der Waals surface area (Å²) in [5, 5.41) is 0. The molecule has 0 nitrogen and oxygen atoms in total. The van der Waals surface area contributed by atoms with Crippen molar-refractivity contribution in [3.05, 3.63) is 277 Å². The summed E-state index contributed by atoms with van der Waals surface area (Å²) in [5.41, 5.74) is 32.5. The van der Waals surface area contributed by atoms with E-state index >= 15 is 0 Å². The van der Waals surface area contributed by atoms with E-state index in [9.17, 15) is 0 Å². The molecule has 2 fully saturated rings. The van der Waals surface area contributed by atoms with Gasteiger partial charge in [-0.2, -0.15) is 0 Å². The van der Waals surface area contributed by atoms with Crippen LogP contribution in [0.25, 0.3) is 111 Å². The molecule has 374 valence electrons. The first-order chi connectivity index (χ1) is 38.6. The summed E-state index contributed by atoms with van der Waals surface area (Å²) in [6.07, 6.45) is 12.0. The van der Waals surface area contributed by atoms with E-state index in [1.165, 1.54) is 161 Å². The molecule has 0 amide bonds. The Morgan fingerprint density at radius 3 is 0.731 bits per heavy atom. The third-order valence-electron chi connectivity index (χ3n) is 18.6. The van der Waals surface area contributed by atoms with Crippen LogP contribution in [0.1, 0.15) is 86.5 Å². The van der Waals surface area contributed by atoms with Gasteiger partial charge in [0.15, 0.2) is 0 Å². The summed E-state index contributed by atoms with van der Waals surface area (Å²) in [4.78, 5) is 0. The molecule has 0 N–H and O–H groups in total. The Labute approximate surface area is 460 Å². The van der Waals surface area contributed by atoms with Gasteiger partial charge in [0.25, 0.3) is 0 Å². The second-order valence-electron chi connectivity index (χ2n) is 22.9. The SMILES string of the molecule is c1ccc(-c2cc(-c3ccccc3)cc(-c3ccc4c(c3)C3(CCCCC3)c3c(-c5ccccc5)c5c(c(-c6ccccc6)c3-4)C3(CCCCC3)c3cc(-c4cc(-c6ccccc6)cc(-c6ccccc6)c4)ccc3-5)c2)cc1. The minimum Gasteiger partial charge on any atom is -0.0622 e. The van der Waals surface area contributed by atoms with Gasteiger partial charge in [0, 0.05) is 10.8 Å².